The van der Waals surface area contributed by atoms with Gasteiger partial charge in [-0.05, 0) is 37.2 Å². The number of rotatable bonds is 3. The molecule has 5 heteroatoms. The molecule has 3 rings (SSSR count). The molecule has 0 aromatic carbocycles. The number of piperidine rings is 1. The van der Waals surface area contributed by atoms with Crippen molar-refractivity contribution in [1.29, 1.82) is 0 Å². The Morgan fingerprint density at radius 1 is 1.21 bits per heavy atom. The molecule has 1 aromatic rings. The zero-order valence-electron chi connectivity index (χ0n) is 11.0. The maximum atomic E-state index is 11.1. The molecule has 102 valence electrons. The van der Waals surface area contributed by atoms with Gasteiger partial charge in [0.15, 0.2) is 0 Å². The van der Waals surface area contributed by atoms with Gasteiger partial charge in [-0.15, -0.1) is 0 Å². The van der Waals surface area contributed by atoms with Crippen molar-refractivity contribution < 1.29 is 9.90 Å². The highest BCUT2D eigenvalue weighted by molar-refractivity contribution is 5.71. The van der Waals surface area contributed by atoms with Gasteiger partial charge >= 0.3 is 5.97 Å². The smallest absolute Gasteiger partial charge is 0.308 e. The van der Waals surface area contributed by atoms with Crippen LogP contribution in [0.25, 0.3) is 0 Å². The van der Waals surface area contributed by atoms with Crippen LogP contribution in [0.1, 0.15) is 43.6 Å². The molecular weight excluding hydrogens is 242 g/mol. The van der Waals surface area contributed by atoms with Crippen LogP contribution in [0, 0.1) is 5.92 Å². The first kappa shape index (κ1) is 12.4. The number of nitrogens with zero attached hydrogens (tertiary/aromatic N) is 3. The first-order valence-corrected chi connectivity index (χ1v) is 7.04. The van der Waals surface area contributed by atoms with Crippen molar-refractivity contribution in [2.45, 2.75) is 38.0 Å². The van der Waals surface area contributed by atoms with E-state index in [4.69, 9.17) is 5.11 Å². The van der Waals surface area contributed by atoms with Crippen LogP contribution in [-0.4, -0.2) is 34.1 Å². The van der Waals surface area contributed by atoms with Crippen molar-refractivity contribution >= 4 is 11.9 Å². The fourth-order valence-electron chi connectivity index (χ4n) is 2.81. The Kier molecular flexibility index (Phi) is 3.36. The van der Waals surface area contributed by atoms with Gasteiger partial charge in [-0.1, -0.05) is 6.42 Å². The minimum absolute atomic E-state index is 0.288. The third-order valence-corrected chi connectivity index (χ3v) is 4.29. The Balaban J connectivity index is 1.69. The number of carboxylic acids is 1. The standard InChI is InChI=1S/C14H19N3O2/c18-13(19)11-5-2-6-17(9-11)14-15-7-12(8-16-14)10-3-1-4-10/h7-8,10-11H,1-6,9H2,(H,18,19). The Bertz CT molecular complexity index is 456. The van der Waals surface area contributed by atoms with E-state index in [0.717, 1.165) is 19.4 Å². The van der Waals surface area contributed by atoms with E-state index in [1.807, 2.05) is 17.3 Å². The topological polar surface area (TPSA) is 66.3 Å². The summed E-state index contributed by atoms with van der Waals surface area (Å²) in [6.07, 6.45) is 9.27. The maximum absolute atomic E-state index is 11.1. The van der Waals surface area contributed by atoms with Crippen molar-refractivity contribution in [3.63, 3.8) is 0 Å². The summed E-state index contributed by atoms with van der Waals surface area (Å²) in [5.41, 5.74) is 1.22. The highest BCUT2D eigenvalue weighted by atomic mass is 16.4. The van der Waals surface area contributed by atoms with Crippen LogP contribution in [0.15, 0.2) is 12.4 Å². The molecule has 1 aliphatic carbocycles. The highest BCUT2D eigenvalue weighted by Gasteiger charge is 2.27. The zero-order chi connectivity index (χ0) is 13.2. The third kappa shape index (κ3) is 2.55. The van der Waals surface area contributed by atoms with E-state index >= 15 is 0 Å². The summed E-state index contributed by atoms with van der Waals surface area (Å²) in [5, 5.41) is 9.09. The minimum Gasteiger partial charge on any atom is -0.481 e. The third-order valence-electron chi connectivity index (χ3n) is 4.29. The molecule has 19 heavy (non-hydrogen) atoms. The molecule has 1 aliphatic heterocycles. The minimum atomic E-state index is -0.712. The summed E-state index contributed by atoms with van der Waals surface area (Å²) in [5.74, 6) is 0.315. The van der Waals surface area contributed by atoms with Crippen LogP contribution in [0.5, 0.6) is 0 Å². The lowest BCUT2D eigenvalue weighted by atomic mass is 9.81. The summed E-state index contributed by atoms with van der Waals surface area (Å²) < 4.78 is 0. The molecular formula is C14H19N3O2. The molecule has 1 aromatic heterocycles. The second kappa shape index (κ2) is 5.15. The van der Waals surface area contributed by atoms with Crippen molar-refractivity contribution in [2.24, 2.45) is 5.92 Å². The molecule has 0 amide bonds. The Morgan fingerprint density at radius 3 is 2.53 bits per heavy atom. The normalized spacial score (nSPS) is 24.0. The van der Waals surface area contributed by atoms with Crippen LogP contribution in [0.2, 0.25) is 0 Å². The molecule has 2 aliphatic rings. The Hall–Kier alpha value is -1.65. The van der Waals surface area contributed by atoms with Crippen LogP contribution in [-0.2, 0) is 4.79 Å². The molecule has 2 heterocycles. The van der Waals surface area contributed by atoms with Crippen LogP contribution in [0.4, 0.5) is 5.95 Å². The van der Waals surface area contributed by atoms with Gasteiger partial charge in [-0.25, -0.2) is 9.97 Å². The average molecular weight is 261 g/mol. The molecule has 1 N–H and O–H groups in total. The van der Waals surface area contributed by atoms with Crippen LogP contribution >= 0.6 is 0 Å². The lowest BCUT2D eigenvalue weighted by Gasteiger charge is -2.31. The van der Waals surface area contributed by atoms with E-state index in [1.165, 1.54) is 24.8 Å². The van der Waals surface area contributed by atoms with E-state index in [2.05, 4.69) is 9.97 Å². The predicted octanol–water partition coefficient (Wildman–Crippen LogP) is 2.05. The van der Waals surface area contributed by atoms with E-state index in [0.29, 0.717) is 18.4 Å². The molecule has 1 unspecified atom stereocenters. The van der Waals surface area contributed by atoms with Crippen molar-refractivity contribution in [3.8, 4) is 0 Å². The van der Waals surface area contributed by atoms with Gasteiger partial charge in [0, 0.05) is 25.5 Å². The summed E-state index contributed by atoms with van der Waals surface area (Å²) in [4.78, 5) is 21.9. The molecule has 0 radical (unpaired) electrons. The number of hydrogen-bond donors (Lipinski definition) is 1. The molecule has 5 nitrogen and oxygen atoms in total. The number of carbonyl (C=O) groups is 1. The van der Waals surface area contributed by atoms with E-state index in [1.54, 1.807) is 0 Å². The number of aliphatic carboxylic acids is 1. The molecule has 2 fully saturated rings. The van der Waals surface area contributed by atoms with E-state index in [9.17, 15) is 4.79 Å². The van der Waals surface area contributed by atoms with Gasteiger partial charge in [-0.3, -0.25) is 4.79 Å². The fraction of sp³-hybridized carbons (Fsp3) is 0.643. The largest absolute Gasteiger partial charge is 0.481 e. The second-order valence-corrected chi connectivity index (χ2v) is 5.57. The maximum Gasteiger partial charge on any atom is 0.308 e. The molecule has 0 bridgehead atoms. The quantitative estimate of drug-likeness (QED) is 0.902. The first-order valence-electron chi connectivity index (χ1n) is 7.04. The lowest BCUT2D eigenvalue weighted by Crippen LogP contribution is -2.39. The van der Waals surface area contributed by atoms with E-state index < -0.39 is 5.97 Å². The Labute approximate surface area is 112 Å². The number of anilines is 1. The van der Waals surface area contributed by atoms with Crippen molar-refractivity contribution in [2.75, 3.05) is 18.0 Å². The molecule has 0 spiro atoms. The van der Waals surface area contributed by atoms with Gasteiger partial charge < -0.3 is 10.0 Å². The van der Waals surface area contributed by atoms with Crippen molar-refractivity contribution in [3.05, 3.63) is 18.0 Å². The van der Waals surface area contributed by atoms with Gasteiger partial charge in [0.25, 0.3) is 0 Å². The van der Waals surface area contributed by atoms with Crippen LogP contribution in [0.3, 0.4) is 0 Å². The summed E-state index contributed by atoms with van der Waals surface area (Å²) in [6, 6.07) is 0. The number of carboxylic acid groups (broad SMARTS) is 1. The monoisotopic (exact) mass is 261 g/mol. The summed E-state index contributed by atoms with van der Waals surface area (Å²) in [7, 11) is 0. The lowest BCUT2D eigenvalue weighted by molar-refractivity contribution is -0.141. The van der Waals surface area contributed by atoms with Gasteiger partial charge in [0.2, 0.25) is 5.95 Å². The summed E-state index contributed by atoms with van der Waals surface area (Å²) >= 11 is 0. The highest BCUT2D eigenvalue weighted by Crippen LogP contribution is 2.35. The fourth-order valence-corrected chi connectivity index (χ4v) is 2.81. The first-order chi connectivity index (χ1) is 9.24. The van der Waals surface area contributed by atoms with Gasteiger partial charge in [0.05, 0.1) is 5.92 Å². The van der Waals surface area contributed by atoms with Gasteiger partial charge in [0.1, 0.15) is 0 Å². The van der Waals surface area contributed by atoms with E-state index in [-0.39, 0.29) is 5.92 Å². The SMILES string of the molecule is O=C(O)C1CCCN(c2ncc(C3CCC3)cn2)C1. The number of aromatic nitrogens is 2. The second-order valence-electron chi connectivity index (χ2n) is 5.57. The number of hydrogen-bond acceptors (Lipinski definition) is 4. The Morgan fingerprint density at radius 2 is 1.95 bits per heavy atom. The molecule has 1 atom stereocenters. The zero-order valence-corrected chi connectivity index (χ0v) is 11.0. The molecule has 1 saturated carbocycles. The average Bonchev–Trinajstić information content (AvgIpc) is 2.38. The summed E-state index contributed by atoms with van der Waals surface area (Å²) in [6.45, 7) is 1.38. The van der Waals surface area contributed by atoms with Crippen LogP contribution < -0.4 is 4.90 Å². The van der Waals surface area contributed by atoms with Crippen molar-refractivity contribution in [1.82, 2.24) is 9.97 Å². The van der Waals surface area contributed by atoms with Gasteiger partial charge in [-0.2, -0.15) is 0 Å². The predicted molar refractivity (Wildman–Crippen MR) is 71.2 cm³/mol. The molecule has 1 saturated heterocycles.